The first-order chi connectivity index (χ1) is 10.0. The fraction of sp³-hybridized carbons (Fsp3) is 0.333. The molecule has 0 aliphatic carbocycles. The minimum Gasteiger partial charge on any atom is -0.487 e. The van der Waals surface area contributed by atoms with Gasteiger partial charge in [-0.1, -0.05) is 30.7 Å². The normalized spacial score (nSPS) is 10.6. The van der Waals surface area contributed by atoms with Gasteiger partial charge in [0.1, 0.15) is 12.4 Å². The fourth-order valence-corrected chi connectivity index (χ4v) is 2.40. The van der Waals surface area contributed by atoms with E-state index in [-0.39, 0.29) is 5.84 Å². The largest absolute Gasteiger partial charge is 0.487 e. The van der Waals surface area contributed by atoms with Crippen LogP contribution in [0.5, 0.6) is 5.75 Å². The van der Waals surface area contributed by atoms with E-state index in [1.165, 1.54) is 0 Å². The van der Waals surface area contributed by atoms with Crippen molar-refractivity contribution in [3.05, 3.63) is 46.2 Å². The molecule has 0 saturated carbocycles. The van der Waals surface area contributed by atoms with Crippen LogP contribution in [-0.4, -0.2) is 15.6 Å². The summed E-state index contributed by atoms with van der Waals surface area (Å²) >= 11 is 6.28. The van der Waals surface area contributed by atoms with Gasteiger partial charge in [-0.2, -0.15) is 5.10 Å². The van der Waals surface area contributed by atoms with Crippen LogP contribution in [0.3, 0.4) is 0 Å². The van der Waals surface area contributed by atoms with Gasteiger partial charge in [-0.25, -0.2) is 0 Å². The van der Waals surface area contributed by atoms with E-state index < -0.39 is 0 Å². The zero-order chi connectivity index (χ0) is 15.4. The van der Waals surface area contributed by atoms with Gasteiger partial charge in [0.05, 0.1) is 22.2 Å². The number of nitrogens with zero attached hydrogens (tertiary/aromatic N) is 2. The predicted octanol–water partition coefficient (Wildman–Crippen LogP) is 2.69. The van der Waals surface area contributed by atoms with Crippen LogP contribution >= 0.6 is 11.6 Å². The number of hydrogen-bond acceptors (Lipinski definition) is 3. The number of benzene rings is 1. The molecule has 0 radical (unpaired) electrons. The Labute approximate surface area is 129 Å². The third-order valence-electron chi connectivity index (χ3n) is 3.20. The van der Waals surface area contributed by atoms with Crippen LogP contribution in [0.2, 0.25) is 5.02 Å². The highest BCUT2D eigenvalue weighted by Crippen LogP contribution is 2.22. The highest BCUT2D eigenvalue weighted by Gasteiger charge is 2.13. The Morgan fingerprint density at radius 3 is 2.57 bits per heavy atom. The van der Waals surface area contributed by atoms with E-state index in [4.69, 9.17) is 27.5 Å². The van der Waals surface area contributed by atoms with E-state index in [0.717, 1.165) is 29.1 Å². The molecule has 0 bridgehead atoms. The first kappa shape index (κ1) is 15.4. The van der Waals surface area contributed by atoms with Crippen LogP contribution in [0.15, 0.2) is 24.3 Å². The number of amidine groups is 1. The molecule has 1 heterocycles. The lowest BCUT2D eigenvalue weighted by Gasteiger charge is -2.08. The maximum absolute atomic E-state index is 7.27. The number of nitrogens with two attached hydrogens (primary N) is 1. The molecule has 1 aromatic heterocycles. The summed E-state index contributed by atoms with van der Waals surface area (Å²) in [4.78, 5) is 0. The molecule has 0 amide bonds. The second kappa shape index (κ2) is 6.63. The molecule has 1 aromatic carbocycles. The molecule has 0 atom stereocenters. The van der Waals surface area contributed by atoms with Crippen molar-refractivity contribution >= 4 is 17.4 Å². The van der Waals surface area contributed by atoms with Gasteiger partial charge in [-0.15, -0.1) is 0 Å². The van der Waals surface area contributed by atoms with Crippen molar-refractivity contribution in [3.8, 4) is 5.75 Å². The molecule has 3 N–H and O–H groups in total. The molecular formula is C15H19ClN4O. The Morgan fingerprint density at radius 2 is 2.05 bits per heavy atom. The summed E-state index contributed by atoms with van der Waals surface area (Å²) in [5.74, 6) is 0.898. The summed E-state index contributed by atoms with van der Waals surface area (Å²) in [6.45, 7) is 2.39. The van der Waals surface area contributed by atoms with Crippen molar-refractivity contribution in [1.82, 2.24) is 9.78 Å². The monoisotopic (exact) mass is 306 g/mol. The van der Waals surface area contributed by atoms with Crippen molar-refractivity contribution in [2.45, 2.75) is 26.4 Å². The zero-order valence-electron chi connectivity index (χ0n) is 12.2. The van der Waals surface area contributed by atoms with Crippen molar-refractivity contribution in [3.63, 3.8) is 0 Å². The Balaban J connectivity index is 2.03. The van der Waals surface area contributed by atoms with Gasteiger partial charge in [0.2, 0.25) is 0 Å². The van der Waals surface area contributed by atoms with E-state index in [1.54, 1.807) is 4.68 Å². The minimum atomic E-state index is 0.150. The van der Waals surface area contributed by atoms with E-state index >= 15 is 0 Å². The summed E-state index contributed by atoms with van der Waals surface area (Å²) in [5, 5.41) is 12.3. The number of halogens is 1. The summed E-state index contributed by atoms with van der Waals surface area (Å²) in [5.41, 5.74) is 8.11. The van der Waals surface area contributed by atoms with Crippen molar-refractivity contribution < 1.29 is 4.74 Å². The van der Waals surface area contributed by atoms with Crippen LogP contribution in [-0.2, 0) is 26.5 Å². The van der Waals surface area contributed by atoms with Crippen LogP contribution in [0.25, 0.3) is 0 Å². The van der Waals surface area contributed by atoms with Crippen LogP contribution in [0.1, 0.15) is 23.9 Å². The third-order valence-corrected chi connectivity index (χ3v) is 3.63. The molecule has 0 saturated heterocycles. The molecule has 112 valence electrons. The van der Waals surface area contributed by atoms with Crippen molar-refractivity contribution in [2.24, 2.45) is 12.8 Å². The number of nitrogens with one attached hydrogen (secondary N) is 1. The topological polar surface area (TPSA) is 76.9 Å². The quantitative estimate of drug-likeness (QED) is 0.636. The average molecular weight is 307 g/mol. The molecule has 6 heteroatoms. The van der Waals surface area contributed by atoms with Gasteiger partial charge in [0.15, 0.2) is 0 Å². The molecule has 0 spiro atoms. The average Bonchev–Trinajstić information content (AvgIpc) is 2.72. The molecule has 0 fully saturated rings. The summed E-state index contributed by atoms with van der Waals surface area (Å²) < 4.78 is 7.50. The van der Waals surface area contributed by atoms with E-state index in [9.17, 15) is 0 Å². The van der Waals surface area contributed by atoms with E-state index in [1.807, 2.05) is 38.2 Å². The maximum atomic E-state index is 7.27. The van der Waals surface area contributed by atoms with Gasteiger partial charge in [-0.05, 0) is 24.1 Å². The van der Waals surface area contributed by atoms with Crippen molar-refractivity contribution in [2.75, 3.05) is 0 Å². The van der Waals surface area contributed by atoms with E-state index in [0.29, 0.717) is 18.1 Å². The number of rotatable bonds is 6. The number of aryl methyl sites for hydroxylation is 2. The molecule has 21 heavy (non-hydrogen) atoms. The Hall–Kier alpha value is -2.01. The van der Waals surface area contributed by atoms with Crippen LogP contribution < -0.4 is 10.5 Å². The lowest BCUT2D eigenvalue weighted by molar-refractivity contribution is 0.295. The first-order valence-corrected chi connectivity index (χ1v) is 7.14. The molecule has 0 aliphatic heterocycles. The third kappa shape index (κ3) is 3.76. The highest BCUT2D eigenvalue weighted by molar-refractivity contribution is 6.31. The van der Waals surface area contributed by atoms with Crippen LogP contribution in [0, 0.1) is 5.41 Å². The van der Waals surface area contributed by atoms with Crippen molar-refractivity contribution in [1.29, 1.82) is 5.41 Å². The van der Waals surface area contributed by atoms with Crippen LogP contribution in [0.4, 0.5) is 0 Å². The standard InChI is InChI=1S/C15H19ClN4O/c1-3-12-15(16)13(20(2)19-12)9-21-11-6-4-10(5-7-11)8-14(17)18/h4-7H,3,8-9H2,1-2H3,(H3,17,18). The lowest BCUT2D eigenvalue weighted by Crippen LogP contribution is -2.12. The second-order valence-electron chi connectivity index (χ2n) is 4.82. The van der Waals surface area contributed by atoms with Gasteiger partial charge in [0.25, 0.3) is 0 Å². The minimum absolute atomic E-state index is 0.150. The summed E-state index contributed by atoms with van der Waals surface area (Å²) in [6.07, 6.45) is 1.25. The highest BCUT2D eigenvalue weighted by atomic mass is 35.5. The smallest absolute Gasteiger partial charge is 0.131 e. The molecule has 0 aliphatic rings. The Bertz CT molecular complexity index is 634. The number of aromatic nitrogens is 2. The fourth-order valence-electron chi connectivity index (χ4n) is 2.05. The summed E-state index contributed by atoms with van der Waals surface area (Å²) in [7, 11) is 1.86. The molecular weight excluding hydrogens is 288 g/mol. The molecule has 5 nitrogen and oxygen atoms in total. The number of hydrogen-bond donors (Lipinski definition) is 2. The Morgan fingerprint density at radius 1 is 1.38 bits per heavy atom. The number of ether oxygens (including phenoxy) is 1. The molecule has 2 aromatic rings. The summed E-state index contributed by atoms with van der Waals surface area (Å²) in [6, 6.07) is 7.53. The van der Waals surface area contributed by atoms with E-state index in [2.05, 4.69) is 5.10 Å². The van der Waals surface area contributed by atoms with Gasteiger partial charge in [0, 0.05) is 13.5 Å². The molecule has 0 unspecified atom stereocenters. The first-order valence-electron chi connectivity index (χ1n) is 6.76. The lowest BCUT2D eigenvalue weighted by atomic mass is 10.1. The maximum Gasteiger partial charge on any atom is 0.131 e. The molecule has 2 rings (SSSR count). The Kier molecular flexibility index (Phi) is 4.85. The zero-order valence-corrected chi connectivity index (χ0v) is 12.9. The SMILES string of the molecule is CCc1nn(C)c(COc2ccc(CC(=N)N)cc2)c1Cl. The second-order valence-corrected chi connectivity index (χ2v) is 5.20. The predicted molar refractivity (Wildman–Crippen MR) is 84.0 cm³/mol. The van der Waals surface area contributed by atoms with Gasteiger partial charge in [-0.3, -0.25) is 10.1 Å². The van der Waals surface area contributed by atoms with Gasteiger partial charge >= 0.3 is 0 Å². The van der Waals surface area contributed by atoms with Gasteiger partial charge < -0.3 is 10.5 Å².